The Hall–Kier alpha value is -2.47. The molecule has 3 N–H and O–H groups in total. The molecule has 0 aromatic carbocycles. The number of nitrogens with one attached hydrogen (secondary N) is 1. The molecule has 1 fully saturated rings. The zero-order chi connectivity index (χ0) is 16.9. The fourth-order valence-electron chi connectivity index (χ4n) is 4.70. The highest BCUT2D eigenvalue weighted by Crippen LogP contribution is 2.44. The molecule has 1 aliphatic heterocycles. The van der Waals surface area contributed by atoms with Crippen molar-refractivity contribution in [3.63, 3.8) is 0 Å². The number of likely N-dealkylation sites (tertiary alicyclic amines) is 1. The molecule has 5 rings (SSSR count). The summed E-state index contributed by atoms with van der Waals surface area (Å²) in [6.45, 7) is 3.12. The summed E-state index contributed by atoms with van der Waals surface area (Å²) in [7, 11) is 0. The molecular weight excluding hydrogens is 312 g/mol. The molecule has 1 saturated heterocycles. The molecule has 1 unspecified atom stereocenters. The number of pyridine rings is 1. The van der Waals surface area contributed by atoms with Gasteiger partial charge in [-0.3, -0.25) is 4.90 Å². The first-order valence-electron chi connectivity index (χ1n) is 8.99. The minimum absolute atomic E-state index is 0.148. The minimum Gasteiger partial charge on any atom is -0.368 e. The van der Waals surface area contributed by atoms with Crippen LogP contribution >= 0.6 is 0 Å². The highest BCUT2D eigenvalue weighted by atomic mass is 15.1. The smallest absolute Gasteiger partial charge is 0.220 e. The van der Waals surface area contributed by atoms with Gasteiger partial charge in [-0.15, -0.1) is 0 Å². The van der Waals surface area contributed by atoms with Crippen molar-refractivity contribution in [2.75, 3.05) is 18.8 Å². The van der Waals surface area contributed by atoms with Crippen molar-refractivity contribution < 1.29 is 0 Å². The normalized spacial score (nSPS) is 23.4. The monoisotopic (exact) mass is 334 g/mol. The molecule has 0 bridgehead atoms. The van der Waals surface area contributed by atoms with Gasteiger partial charge in [0.05, 0.1) is 5.69 Å². The number of nitrogen functional groups attached to an aromatic ring is 1. The molecule has 3 aromatic heterocycles. The number of H-pyrrole nitrogens is 1. The molecule has 1 aliphatic carbocycles. The van der Waals surface area contributed by atoms with Crippen molar-refractivity contribution in [3.05, 3.63) is 47.5 Å². The molecule has 0 saturated carbocycles. The molecule has 0 amide bonds. The number of aryl methyl sites for hydroxylation is 1. The maximum Gasteiger partial charge on any atom is 0.220 e. The first-order valence-corrected chi connectivity index (χ1v) is 8.99. The maximum atomic E-state index is 5.88. The molecule has 128 valence electrons. The standard InChI is InChI=1S/C19H22N6/c20-18-23-9-13-4-6-19(16(13)24-18)5-2-8-25(12-19)11-14-10-22-17-15(14)3-1-7-21-17/h1,3,7,9-10H,2,4-6,8,11-12H2,(H,21,22)(H2,20,23,24). The second-order valence-electron chi connectivity index (χ2n) is 7.41. The summed E-state index contributed by atoms with van der Waals surface area (Å²) >= 11 is 0. The molecule has 3 aromatic rings. The largest absolute Gasteiger partial charge is 0.368 e. The fraction of sp³-hybridized carbons (Fsp3) is 0.421. The second kappa shape index (κ2) is 5.52. The topological polar surface area (TPSA) is 83.7 Å². The van der Waals surface area contributed by atoms with E-state index in [9.17, 15) is 0 Å². The number of fused-ring (bicyclic) bond motifs is 3. The molecule has 4 heterocycles. The third-order valence-electron chi connectivity index (χ3n) is 5.85. The van der Waals surface area contributed by atoms with Crippen LogP contribution in [0.15, 0.2) is 30.7 Å². The van der Waals surface area contributed by atoms with Crippen LogP contribution in [0.5, 0.6) is 0 Å². The second-order valence-corrected chi connectivity index (χ2v) is 7.41. The van der Waals surface area contributed by atoms with E-state index in [1.165, 1.54) is 35.0 Å². The number of hydrogen-bond donors (Lipinski definition) is 2. The van der Waals surface area contributed by atoms with Crippen LogP contribution in [-0.2, 0) is 18.4 Å². The molecule has 6 heteroatoms. The Morgan fingerprint density at radius 3 is 3.20 bits per heavy atom. The molecule has 1 atom stereocenters. The van der Waals surface area contributed by atoms with Crippen LogP contribution in [0.1, 0.15) is 36.1 Å². The first kappa shape index (κ1) is 14.8. The average Bonchev–Trinajstić information content (AvgIpc) is 3.18. The van der Waals surface area contributed by atoms with Crippen molar-refractivity contribution in [2.45, 2.75) is 37.6 Å². The lowest BCUT2D eigenvalue weighted by molar-refractivity contribution is 0.137. The van der Waals surface area contributed by atoms with Crippen molar-refractivity contribution >= 4 is 17.0 Å². The lowest BCUT2D eigenvalue weighted by Gasteiger charge is -2.40. The maximum absolute atomic E-state index is 5.88. The molecule has 0 radical (unpaired) electrons. The number of aromatic nitrogens is 4. The van der Waals surface area contributed by atoms with Gasteiger partial charge in [0.1, 0.15) is 5.65 Å². The minimum atomic E-state index is 0.148. The number of piperidine rings is 1. The Kier molecular flexibility index (Phi) is 3.28. The summed E-state index contributed by atoms with van der Waals surface area (Å²) in [5.74, 6) is 0.403. The van der Waals surface area contributed by atoms with Gasteiger partial charge in [-0.1, -0.05) is 0 Å². The SMILES string of the molecule is Nc1ncc2c(n1)C1(CCCN(Cc3c[nH]c4ncccc34)C1)CC2. The van der Waals surface area contributed by atoms with E-state index < -0.39 is 0 Å². The number of hydrogen-bond acceptors (Lipinski definition) is 5. The van der Waals surface area contributed by atoms with Gasteiger partial charge in [0.25, 0.3) is 0 Å². The molecule has 6 nitrogen and oxygen atoms in total. The number of anilines is 1. The van der Waals surface area contributed by atoms with Gasteiger partial charge in [0, 0.05) is 42.5 Å². The molecule has 25 heavy (non-hydrogen) atoms. The third kappa shape index (κ3) is 2.40. The van der Waals surface area contributed by atoms with Gasteiger partial charge in [0.2, 0.25) is 5.95 Å². The van der Waals surface area contributed by atoms with E-state index in [2.05, 4.69) is 37.1 Å². The molecular formula is C19H22N6. The van der Waals surface area contributed by atoms with Crippen molar-refractivity contribution in [1.29, 1.82) is 0 Å². The molecule has 1 spiro atoms. The van der Waals surface area contributed by atoms with Crippen molar-refractivity contribution in [3.8, 4) is 0 Å². The number of nitrogens with zero attached hydrogens (tertiary/aromatic N) is 4. The van der Waals surface area contributed by atoms with E-state index in [4.69, 9.17) is 5.73 Å². The number of aromatic amines is 1. The summed E-state index contributed by atoms with van der Waals surface area (Å²) in [5.41, 5.74) is 10.8. The van der Waals surface area contributed by atoms with Crippen LogP contribution in [0.3, 0.4) is 0 Å². The first-order chi connectivity index (χ1) is 12.2. The average molecular weight is 334 g/mol. The quantitative estimate of drug-likeness (QED) is 0.752. The highest BCUT2D eigenvalue weighted by Gasteiger charge is 2.43. The van der Waals surface area contributed by atoms with Crippen LogP contribution in [0.25, 0.3) is 11.0 Å². The van der Waals surface area contributed by atoms with Crippen LogP contribution in [0, 0.1) is 0 Å². The van der Waals surface area contributed by atoms with Gasteiger partial charge in [-0.2, -0.15) is 0 Å². The summed E-state index contributed by atoms with van der Waals surface area (Å²) in [6, 6.07) is 4.15. The van der Waals surface area contributed by atoms with Gasteiger partial charge < -0.3 is 10.7 Å². The van der Waals surface area contributed by atoms with E-state index in [-0.39, 0.29) is 5.41 Å². The van der Waals surface area contributed by atoms with E-state index in [0.717, 1.165) is 38.1 Å². The highest BCUT2D eigenvalue weighted by molar-refractivity contribution is 5.79. The zero-order valence-electron chi connectivity index (χ0n) is 14.2. The van der Waals surface area contributed by atoms with Crippen LogP contribution in [0.2, 0.25) is 0 Å². The van der Waals surface area contributed by atoms with E-state index >= 15 is 0 Å². The van der Waals surface area contributed by atoms with Gasteiger partial charge in [-0.05, 0) is 55.5 Å². The summed E-state index contributed by atoms with van der Waals surface area (Å²) < 4.78 is 0. The summed E-state index contributed by atoms with van der Waals surface area (Å²) in [6.07, 6.45) is 10.5. The zero-order valence-corrected chi connectivity index (χ0v) is 14.2. The Morgan fingerprint density at radius 2 is 2.24 bits per heavy atom. The molecule has 2 aliphatic rings. The van der Waals surface area contributed by atoms with E-state index in [0.29, 0.717) is 5.95 Å². The predicted octanol–water partition coefficient (Wildman–Crippen LogP) is 2.42. The van der Waals surface area contributed by atoms with Gasteiger partial charge >= 0.3 is 0 Å². The van der Waals surface area contributed by atoms with E-state index in [1.54, 1.807) is 0 Å². The Labute approximate surface area is 146 Å². The number of rotatable bonds is 2. The van der Waals surface area contributed by atoms with Crippen LogP contribution in [-0.4, -0.2) is 37.9 Å². The van der Waals surface area contributed by atoms with Crippen LogP contribution in [0.4, 0.5) is 5.95 Å². The van der Waals surface area contributed by atoms with Gasteiger partial charge in [0.15, 0.2) is 0 Å². The Balaban J connectivity index is 1.43. The Morgan fingerprint density at radius 1 is 1.28 bits per heavy atom. The predicted molar refractivity (Wildman–Crippen MR) is 97.0 cm³/mol. The number of nitrogens with two attached hydrogens (primary N) is 1. The van der Waals surface area contributed by atoms with Gasteiger partial charge in [-0.25, -0.2) is 15.0 Å². The Bertz CT molecular complexity index is 929. The lowest BCUT2D eigenvalue weighted by Crippen LogP contribution is -2.45. The van der Waals surface area contributed by atoms with Crippen LogP contribution < -0.4 is 5.73 Å². The van der Waals surface area contributed by atoms with Crippen molar-refractivity contribution in [1.82, 2.24) is 24.8 Å². The summed E-state index contributed by atoms with van der Waals surface area (Å²) in [4.78, 5) is 19.1. The fourth-order valence-corrected chi connectivity index (χ4v) is 4.70. The summed E-state index contributed by atoms with van der Waals surface area (Å²) in [5, 5.41) is 1.22. The lowest BCUT2D eigenvalue weighted by atomic mass is 9.77. The van der Waals surface area contributed by atoms with Crippen molar-refractivity contribution in [2.24, 2.45) is 0 Å². The third-order valence-corrected chi connectivity index (χ3v) is 5.85. The van der Waals surface area contributed by atoms with E-state index in [1.807, 2.05) is 18.5 Å².